The van der Waals surface area contributed by atoms with Crippen molar-refractivity contribution >= 4 is 33.4 Å². The van der Waals surface area contributed by atoms with Crippen LogP contribution in [0.1, 0.15) is 23.7 Å². The Hall–Kier alpha value is -0.580. The van der Waals surface area contributed by atoms with E-state index < -0.39 is 0 Å². The summed E-state index contributed by atoms with van der Waals surface area (Å²) in [5.41, 5.74) is 0.503. The van der Waals surface area contributed by atoms with E-state index in [4.69, 9.17) is 11.6 Å². The molecule has 0 aliphatic heterocycles. The van der Waals surface area contributed by atoms with Gasteiger partial charge in [0.25, 0.3) is 5.91 Å². The predicted molar refractivity (Wildman–Crippen MR) is 79.3 cm³/mol. The first-order valence-electron chi connectivity index (χ1n) is 5.81. The van der Waals surface area contributed by atoms with Crippen LogP contribution in [0.3, 0.4) is 0 Å². The lowest BCUT2D eigenvalue weighted by Crippen LogP contribution is -2.34. The zero-order valence-electron chi connectivity index (χ0n) is 10.8. The summed E-state index contributed by atoms with van der Waals surface area (Å²) in [4.78, 5) is 14.1. The molecule has 1 amide bonds. The minimum atomic E-state index is -0.132. The highest BCUT2D eigenvalue weighted by atomic mass is 79.9. The summed E-state index contributed by atoms with van der Waals surface area (Å²) in [5.74, 6) is -0.132. The van der Waals surface area contributed by atoms with E-state index >= 15 is 0 Å². The summed E-state index contributed by atoms with van der Waals surface area (Å²) in [5, 5.41) is 3.42. The van der Waals surface area contributed by atoms with Crippen molar-refractivity contribution < 1.29 is 4.79 Å². The summed E-state index contributed by atoms with van der Waals surface area (Å²) in [6.45, 7) is 2.93. The Kier molecular flexibility index (Phi) is 6.12. The lowest BCUT2D eigenvalue weighted by atomic mass is 10.1. The number of hydrogen-bond acceptors (Lipinski definition) is 2. The molecule has 1 rings (SSSR count). The molecule has 3 nitrogen and oxygen atoms in total. The quantitative estimate of drug-likeness (QED) is 0.897. The molecule has 100 valence electrons. The molecule has 0 radical (unpaired) electrons. The van der Waals surface area contributed by atoms with Crippen LogP contribution in [0.2, 0.25) is 5.02 Å². The van der Waals surface area contributed by atoms with Crippen LogP contribution in [-0.2, 0) is 0 Å². The number of nitrogens with one attached hydrogen (secondary N) is 1. The first-order chi connectivity index (χ1) is 8.40. The van der Waals surface area contributed by atoms with Gasteiger partial charge in [0.05, 0.1) is 10.6 Å². The number of amides is 1. The van der Waals surface area contributed by atoms with Gasteiger partial charge < -0.3 is 10.2 Å². The third-order valence-corrected chi connectivity index (χ3v) is 3.38. The van der Waals surface area contributed by atoms with Crippen molar-refractivity contribution in [2.45, 2.75) is 19.4 Å². The van der Waals surface area contributed by atoms with Crippen LogP contribution in [0.4, 0.5) is 0 Å². The van der Waals surface area contributed by atoms with Gasteiger partial charge in [-0.2, -0.15) is 0 Å². The van der Waals surface area contributed by atoms with E-state index in [0.29, 0.717) is 10.6 Å². The zero-order chi connectivity index (χ0) is 13.7. The van der Waals surface area contributed by atoms with E-state index in [0.717, 1.165) is 17.4 Å². The summed E-state index contributed by atoms with van der Waals surface area (Å²) in [6, 6.07) is 5.38. The summed E-state index contributed by atoms with van der Waals surface area (Å²) in [6.07, 6.45) is 0.907. The van der Waals surface area contributed by atoms with E-state index in [1.807, 2.05) is 27.1 Å². The number of rotatable bonds is 5. The normalized spacial score (nSPS) is 12.6. The van der Waals surface area contributed by atoms with Gasteiger partial charge in [-0.3, -0.25) is 4.79 Å². The zero-order valence-corrected chi connectivity index (χ0v) is 13.2. The highest BCUT2D eigenvalue weighted by molar-refractivity contribution is 9.10. The molecular formula is C13H18BrClN2O. The first kappa shape index (κ1) is 15.5. The molecule has 1 unspecified atom stereocenters. The molecule has 0 aliphatic carbocycles. The monoisotopic (exact) mass is 332 g/mol. The van der Waals surface area contributed by atoms with Crippen molar-refractivity contribution in [1.29, 1.82) is 0 Å². The molecule has 0 aliphatic rings. The fourth-order valence-corrected chi connectivity index (χ4v) is 2.06. The Balaban J connectivity index is 2.62. The Labute approximate surface area is 122 Å². The summed E-state index contributed by atoms with van der Waals surface area (Å²) >= 11 is 9.35. The fourth-order valence-electron chi connectivity index (χ4n) is 1.50. The Morgan fingerprint density at radius 2 is 2.17 bits per heavy atom. The molecule has 0 aromatic heterocycles. The average molecular weight is 334 g/mol. The van der Waals surface area contributed by atoms with Gasteiger partial charge in [-0.1, -0.05) is 27.5 Å². The molecule has 0 fully saturated rings. The molecule has 1 aromatic rings. The van der Waals surface area contributed by atoms with Gasteiger partial charge in [-0.15, -0.1) is 0 Å². The van der Waals surface area contributed by atoms with Crippen LogP contribution in [0, 0.1) is 0 Å². The van der Waals surface area contributed by atoms with Crippen molar-refractivity contribution in [2.24, 2.45) is 0 Å². The molecule has 1 atom stereocenters. The largest absolute Gasteiger partial charge is 0.349 e. The number of carbonyl (C=O) groups excluding carboxylic acids is 1. The van der Waals surface area contributed by atoms with Crippen LogP contribution in [0.25, 0.3) is 0 Å². The molecule has 18 heavy (non-hydrogen) atoms. The second-order valence-corrected chi connectivity index (χ2v) is 5.91. The van der Waals surface area contributed by atoms with Crippen molar-refractivity contribution in [3.8, 4) is 0 Å². The molecule has 0 heterocycles. The van der Waals surface area contributed by atoms with Crippen LogP contribution in [-0.4, -0.2) is 37.5 Å². The second kappa shape index (κ2) is 7.12. The van der Waals surface area contributed by atoms with Crippen LogP contribution in [0.5, 0.6) is 0 Å². The number of halogens is 2. The van der Waals surface area contributed by atoms with Crippen LogP contribution < -0.4 is 5.32 Å². The van der Waals surface area contributed by atoms with Crippen molar-refractivity contribution in [1.82, 2.24) is 10.2 Å². The number of hydrogen-bond donors (Lipinski definition) is 1. The molecular weight excluding hydrogens is 316 g/mol. The van der Waals surface area contributed by atoms with E-state index in [9.17, 15) is 4.79 Å². The molecule has 1 aromatic carbocycles. The van der Waals surface area contributed by atoms with Crippen molar-refractivity contribution in [3.05, 3.63) is 33.3 Å². The van der Waals surface area contributed by atoms with Gasteiger partial charge in [0.1, 0.15) is 0 Å². The maximum Gasteiger partial charge on any atom is 0.253 e. The van der Waals surface area contributed by atoms with E-state index in [1.165, 1.54) is 0 Å². The number of nitrogens with zero attached hydrogens (tertiary/aromatic N) is 1. The standard InChI is InChI=1S/C13H18BrClN2O/c1-9(6-7-17(2)3)16-13(18)11-8-10(14)4-5-12(11)15/h4-5,8-9H,6-7H2,1-3H3,(H,16,18). The van der Waals surface area contributed by atoms with Crippen molar-refractivity contribution in [2.75, 3.05) is 20.6 Å². The van der Waals surface area contributed by atoms with Gasteiger partial charge in [0.15, 0.2) is 0 Å². The molecule has 0 bridgehead atoms. The molecule has 0 spiro atoms. The first-order valence-corrected chi connectivity index (χ1v) is 6.98. The SMILES string of the molecule is CC(CCN(C)C)NC(=O)c1cc(Br)ccc1Cl. The fraction of sp³-hybridized carbons (Fsp3) is 0.462. The number of benzene rings is 1. The Morgan fingerprint density at radius 1 is 1.50 bits per heavy atom. The average Bonchev–Trinajstić information content (AvgIpc) is 2.29. The Bertz CT molecular complexity index is 423. The van der Waals surface area contributed by atoms with E-state index in [1.54, 1.807) is 12.1 Å². The minimum Gasteiger partial charge on any atom is -0.349 e. The summed E-state index contributed by atoms with van der Waals surface area (Å²) < 4.78 is 0.845. The maximum absolute atomic E-state index is 12.0. The summed E-state index contributed by atoms with van der Waals surface area (Å²) in [7, 11) is 4.03. The predicted octanol–water partition coefficient (Wildman–Crippen LogP) is 3.17. The van der Waals surface area contributed by atoms with Gasteiger partial charge in [-0.25, -0.2) is 0 Å². The van der Waals surface area contributed by atoms with E-state index in [2.05, 4.69) is 26.1 Å². The maximum atomic E-state index is 12.0. The highest BCUT2D eigenvalue weighted by Crippen LogP contribution is 2.21. The minimum absolute atomic E-state index is 0.120. The number of carbonyl (C=O) groups is 1. The molecule has 0 saturated carbocycles. The highest BCUT2D eigenvalue weighted by Gasteiger charge is 2.13. The van der Waals surface area contributed by atoms with Crippen LogP contribution in [0.15, 0.2) is 22.7 Å². The molecule has 5 heteroatoms. The lowest BCUT2D eigenvalue weighted by Gasteiger charge is -2.17. The van der Waals surface area contributed by atoms with E-state index in [-0.39, 0.29) is 11.9 Å². The Morgan fingerprint density at radius 3 is 2.78 bits per heavy atom. The third-order valence-electron chi connectivity index (χ3n) is 2.56. The topological polar surface area (TPSA) is 32.3 Å². The molecule has 1 N–H and O–H groups in total. The second-order valence-electron chi connectivity index (χ2n) is 4.59. The van der Waals surface area contributed by atoms with Crippen LogP contribution >= 0.6 is 27.5 Å². The van der Waals surface area contributed by atoms with Gasteiger partial charge >= 0.3 is 0 Å². The van der Waals surface area contributed by atoms with Gasteiger partial charge in [0, 0.05) is 10.5 Å². The van der Waals surface area contributed by atoms with Gasteiger partial charge in [0.2, 0.25) is 0 Å². The molecule has 0 saturated heterocycles. The van der Waals surface area contributed by atoms with Crippen molar-refractivity contribution in [3.63, 3.8) is 0 Å². The third kappa shape index (κ3) is 4.96. The smallest absolute Gasteiger partial charge is 0.253 e. The lowest BCUT2D eigenvalue weighted by molar-refractivity contribution is 0.0937. The van der Waals surface area contributed by atoms with Gasteiger partial charge in [-0.05, 0) is 52.2 Å².